The van der Waals surface area contributed by atoms with Crippen LogP contribution in [0.4, 0.5) is 4.79 Å². The molecule has 0 unspecified atom stereocenters. The molecule has 19 heavy (non-hydrogen) atoms. The average molecular weight is 273 g/mol. The van der Waals surface area contributed by atoms with Crippen molar-refractivity contribution in [2.45, 2.75) is 52.1 Å². The minimum Gasteiger partial charge on any atom is -0.444 e. The number of rotatable bonds is 4. The predicted molar refractivity (Wildman–Crippen MR) is 72.9 cm³/mol. The smallest absolute Gasteiger partial charge is 0.410 e. The SMILES string of the molecule is CC(C)(C)OC(=O)N1CCC(CO)(CCCO)CC1. The van der Waals surface area contributed by atoms with Crippen LogP contribution in [-0.4, -0.2) is 53.1 Å². The Bertz CT molecular complexity index is 290. The first-order valence-corrected chi connectivity index (χ1v) is 7.02. The first-order chi connectivity index (χ1) is 8.82. The lowest BCUT2D eigenvalue weighted by Gasteiger charge is -2.41. The van der Waals surface area contributed by atoms with Gasteiger partial charge < -0.3 is 19.8 Å². The lowest BCUT2D eigenvalue weighted by molar-refractivity contribution is -0.00402. The number of aliphatic hydroxyl groups excluding tert-OH is 2. The maximum Gasteiger partial charge on any atom is 0.410 e. The number of hydrogen-bond donors (Lipinski definition) is 2. The van der Waals surface area contributed by atoms with Gasteiger partial charge in [0, 0.05) is 26.3 Å². The summed E-state index contributed by atoms with van der Waals surface area (Å²) in [4.78, 5) is 13.6. The monoisotopic (exact) mass is 273 g/mol. The number of nitrogens with zero attached hydrogens (tertiary/aromatic N) is 1. The highest BCUT2D eigenvalue weighted by molar-refractivity contribution is 5.68. The van der Waals surface area contributed by atoms with Crippen LogP contribution >= 0.6 is 0 Å². The van der Waals surface area contributed by atoms with Gasteiger partial charge in [0.25, 0.3) is 0 Å². The summed E-state index contributed by atoms with van der Waals surface area (Å²) in [5.74, 6) is 0. The molecule has 1 aliphatic heterocycles. The lowest BCUT2D eigenvalue weighted by atomic mass is 9.75. The van der Waals surface area contributed by atoms with Crippen LogP contribution < -0.4 is 0 Å². The number of amides is 1. The Balaban J connectivity index is 2.49. The number of carbonyl (C=O) groups excluding carboxylic acids is 1. The molecule has 1 saturated heterocycles. The highest BCUT2D eigenvalue weighted by Gasteiger charge is 2.36. The first kappa shape index (κ1) is 16.2. The zero-order valence-electron chi connectivity index (χ0n) is 12.3. The summed E-state index contributed by atoms with van der Waals surface area (Å²) in [5, 5.41) is 18.5. The van der Waals surface area contributed by atoms with Gasteiger partial charge in [-0.15, -0.1) is 0 Å². The van der Waals surface area contributed by atoms with E-state index in [1.54, 1.807) is 4.90 Å². The Morgan fingerprint density at radius 1 is 1.26 bits per heavy atom. The van der Waals surface area contributed by atoms with E-state index in [2.05, 4.69) is 0 Å². The molecule has 1 fully saturated rings. The number of carbonyl (C=O) groups is 1. The van der Waals surface area contributed by atoms with Crippen molar-refractivity contribution < 1.29 is 19.7 Å². The fraction of sp³-hybridized carbons (Fsp3) is 0.929. The van der Waals surface area contributed by atoms with Crippen molar-refractivity contribution in [2.75, 3.05) is 26.3 Å². The van der Waals surface area contributed by atoms with E-state index in [0.717, 1.165) is 19.3 Å². The van der Waals surface area contributed by atoms with E-state index in [1.165, 1.54) is 0 Å². The van der Waals surface area contributed by atoms with Gasteiger partial charge in [0.1, 0.15) is 5.60 Å². The minimum absolute atomic E-state index is 0.120. The number of ether oxygens (including phenoxy) is 1. The molecule has 1 rings (SSSR count). The number of hydrogen-bond acceptors (Lipinski definition) is 4. The Labute approximate surface area is 115 Å². The molecular weight excluding hydrogens is 246 g/mol. The summed E-state index contributed by atoms with van der Waals surface area (Å²) < 4.78 is 5.34. The Morgan fingerprint density at radius 3 is 2.26 bits per heavy atom. The molecule has 0 bridgehead atoms. The molecule has 1 aliphatic rings. The third-order valence-electron chi connectivity index (χ3n) is 3.68. The van der Waals surface area contributed by atoms with E-state index in [1.807, 2.05) is 20.8 Å². The van der Waals surface area contributed by atoms with Crippen molar-refractivity contribution in [1.82, 2.24) is 4.90 Å². The van der Waals surface area contributed by atoms with Gasteiger partial charge in [-0.25, -0.2) is 4.79 Å². The van der Waals surface area contributed by atoms with Crippen molar-refractivity contribution in [3.63, 3.8) is 0 Å². The number of piperidine rings is 1. The van der Waals surface area contributed by atoms with Crippen molar-refractivity contribution in [1.29, 1.82) is 0 Å². The summed E-state index contributed by atoms with van der Waals surface area (Å²) >= 11 is 0. The van der Waals surface area contributed by atoms with Crippen molar-refractivity contribution in [2.24, 2.45) is 5.41 Å². The fourth-order valence-corrected chi connectivity index (χ4v) is 2.43. The van der Waals surface area contributed by atoms with Gasteiger partial charge >= 0.3 is 6.09 Å². The van der Waals surface area contributed by atoms with Gasteiger partial charge in [-0.1, -0.05) is 0 Å². The van der Waals surface area contributed by atoms with Crippen LogP contribution in [0.15, 0.2) is 0 Å². The minimum atomic E-state index is -0.473. The summed E-state index contributed by atoms with van der Waals surface area (Å²) in [5.41, 5.74) is -0.610. The van der Waals surface area contributed by atoms with Crippen LogP contribution in [0.1, 0.15) is 46.5 Å². The molecule has 0 spiro atoms. The predicted octanol–water partition coefficient (Wildman–Crippen LogP) is 1.77. The molecule has 0 aromatic rings. The second-order valence-corrected chi connectivity index (χ2v) is 6.45. The molecule has 112 valence electrons. The molecule has 5 heteroatoms. The van der Waals surface area contributed by atoms with E-state index in [4.69, 9.17) is 9.84 Å². The molecule has 2 N–H and O–H groups in total. The third-order valence-corrected chi connectivity index (χ3v) is 3.68. The van der Waals surface area contributed by atoms with Crippen LogP contribution in [0.3, 0.4) is 0 Å². The zero-order valence-corrected chi connectivity index (χ0v) is 12.3. The second kappa shape index (κ2) is 6.57. The molecule has 0 saturated carbocycles. The summed E-state index contributed by atoms with van der Waals surface area (Å²) in [7, 11) is 0. The summed E-state index contributed by atoms with van der Waals surface area (Å²) in [6.07, 6.45) is 2.77. The van der Waals surface area contributed by atoms with Crippen molar-refractivity contribution in [3.8, 4) is 0 Å². The van der Waals surface area contributed by atoms with E-state index < -0.39 is 5.60 Å². The van der Waals surface area contributed by atoms with Crippen LogP contribution in [0, 0.1) is 5.41 Å². The summed E-state index contributed by atoms with van der Waals surface area (Å²) in [6, 6.07) is 0. The van der Waals surface area contributed by atoms with Crippen LogP contribution in [0.5, 0.6) is 0 Å². The summed E-state index contributed by atoms with van der Waals surface area (Å²) in [6.45, 7) is 7.06. The van der Waals surface area contributed by atoms with Crippen LogP contribution in [0.25, 0.3) is 0 Å². The molecular formula is C14H27NO4. The van der Waals surface area contributed by atoms with Gasteiger partial charge in [0.15, 0.2) is 0 Å². The zero-order chi connectivity index (χ0) is 14.5. The van der Waals surface area contributed by atoms with Gasteiger partial charge in [-0.05, 0) is 51.9 Å². The number of aliphatic hydroxyl groups is 2. The molecule has 0 aliphatic carbocycles. The quantitative estimate of drug-likeness (QED) is 0.819. The highest BCUT2D eigenvalue weighted by Crippen LogP contribution is 2.35. The molecule has 1 heterocycles. The van der Waals surface area contributed by atoms with Gasteiger partial charge in [0.2, 0.25) is 0 Å². The van der Waals surface area contributed by atoms with Crippen LogP contribution in [-0.2, 0) is 4.74 Å². The highest BCUT2D eigenvalue weighted by atomic mass is 16.6. The standard InChI is InChI=1S/C14H27NO4/c1-13(2,3)19-12(18)15-8-6-14(11-17,7-9-15)5-4-10-16/h16-17H,4-11H2,1-3H3. The molecule has 0 aromatic carbocycles. The Hall–Kier alpha value is -0.810. The largest absolute Gasteiger partial charge is 0.444 e. The van der Waals surface area contributed by atoms with E-state index in [-0.39, 0.29) is 24.7 Å². The molecule has 0 aromatic heterocycles. The third kappa shape index (κ3) is 4.99. The van der Waals surface area contributed by atoms with Gasteiger partial charge in [-0.3, -0.25) is 0 Å². The average Bonchev–Trinajstić information content (AvgIpc) is 2.35. The Kier molecular flexibility index (Phi) is 5.62. The molecule has 1 amide bonds. The Morgan fingerprint density at radius 2 is 1.84 bits per heavy atom. The number of likely N-dealkylation sites (tertiary alicyclic amines) is 1. The van der Waals surface area contributed by atoms with E-state index >= 15 is 0 Å². The van der Waals surface area contributed by atoms with Gasteiger partial charge in [-0.2, -0.15) is 0 Å². The molecule has 5 nitrogen and oxygen atoms in total. The second-order valence-electron chi connectivity index (χ2n) is 6.45. The normalized spacial score (nSPS) is 19.3. The van der Waals surface area contributed by atoms with E-state index in [9.17, 15) is 9.90 Å². The maximum absolute atomic E-state index is 11.9. The van der Waals surface area contributed by atoms with Gasteiger partial charge in [0.05, 0.1) is 0 Å². The lowest BCUT2D eigenvalue weighted by Crippen LogP contribution is -2.46. The maximum atomic E-state index is 11.9. The van der Waals surface area contributed by atoms with Crippen LogP contribution in [0.2, 0.25) is 0 Å². The molecule has 0 radical (unpaired) electrons. The fourth-order valence-electron chi connectivity index (χ4n) is 2.43. The first-order valence-electron chi connectivity index (χ1n) is 7.02. The van der Waals surface area contributed by atoms with Crippen molar-refractivity contribution >= 4 is 6.09 Å². The molecule has 0 atom stereocenters. The van der Waals surface area contributed by atoms with E-state index in [0.29, 0.717) is 19.5 Å². The topological polar surface area (TPSA) is 70.0 Å². The van der Waals surface area contributed by atoms with Crippen molar-refractivity contribution in [3.05, 3.63) is 0 Å².